The van der Waals surface area contributed by atoms with Gasteiger partial charge in [-0.1, -0.05) is 24.4 Å². The zero-order valence-corrected chi connectivity index (χ0v) is 12.8. The number of hydrogen-bond donors (Lipinski definition) is 2. The van der Waals surface area contributed by atoms with Crippen LogP contribution in [0.15, 0.2) is 12.1 Å². The van der Waals surface area contributed by atoms with Crippen LogP contribution in [0.3, 0.4) is 0 Å². The highest BCUT2D eigenvalue weighted by Crippen LogP contribution is 2.31. The van der Waals surface area contributed by atoms with Crippen LogP contribution in [0.2, 0.25) is 4.34 Å². The minimum Gasteiger partial charge on any atom is -0.355 e. The van der Waals surface area contributed by atoms with E-state index >= 15 is 0 Å². The Morgan fingerprint density at radius 2 is 2.37 bits per heavy atom. The minimum atomic E-state index is -0.353. The molecule has 0 radical (unpaired) electrons. The Balaban J connectivity index is 1.80. The Hall–Kier alpha value is -0.580. The Kier molecular flexibility index (Phi) is 4.87. The highest BCUT2D eigenvalue weighted by Gasteiger charge is 2.37. The maximum absolute atomic E-state index is 12.2. The SMILES string of the molecule is CC1(N)CCCCC1C(=O)NCCc1ccc(Cl)s1. The standard InChI is InChI=1S/C14H21ClN2OS/c1-14(16)8-3-2-4-11(14)13(18)17-9-7-10-5-6-12(15)19-10/h5-6,11H,2-4,7-9,16H2,1H3,(H,17,18). The molecule has 1 aromatic rings. The third kappa shape index (κ3) is 3.94. The van der Waals surface area contributed by atoms with Crippen LogP contribution in [-0.4, -0.2) is 18.0 Å². The molecule has 2 rings (SSSR count). The molecule has 1 saturated carbocycles. The first-order valence-corrected chi connectivity index (χ1v) is 7.99. The third-order valence-corrected chi connectivity index (χ3v) is 5.16. The van der Waals surface area contributed by atoms with Crippen LogP contribution >= 0.6 is 22.9 Å². The molecule has 2 atom stereocenters. The van der Waals surface area contributed by atoms with E-state index < -0.39 is 0 Å². The van der Waals surface area contributed by atoms with Crippen molar-refractivity contribution in [2.45, 2.75) is 44.6 Å². The first-order valence-electron chi connectivity index (χ1n) is 6.80. The predicted octanol–water partition coefficient (Wildman–Crippen LogP) is 2.97. The van der Waals surface area contributed by atoms with Crippen molar-refractivity contribution in [3.05, 3.63) is 21.3 Å². The van der Waals surface area contributed by atoms with Gasteiger partial charge >= 0.3 is 0 Å². The molecule has 5 heteroatoms. The molecule has 1 aromatic heterocycles. The van der Waals surface area contributed by atoms with Crippen molar-refractivity contribution in [1.82, 2.24) is 5.32 Å². The fourth-order valence-electron chi connectivity index (χ4n) is 2.71. The maximum Gasteiger partial charge on any atom is 0.224 e. The summed E-state index contributed by atoms with van der Waals surface area (Å²) >= 11 is 7.44. The number of thiophene rings is 1. The summed E-state index contributed by atoms with van der Waals surface area (Å²) < 4.78 is 0.795. The number of hydrogen-bond acceptors (Lipinski definition) is 3. The van der Waals surface area contributed by atoms with Gasteiger partial charge in [-0.25, -0.2) is 0 Å². The van der Waals surface area contributed by atoms with Crippen molar-refractivity contribution < 1.29 is 4.79 Å². The van der Waals surface area contributed by atoms with Crippen molar-refractivity contribution in [1.29, 1.82) is 0 Å². The highest BCUT2D eigenvalue weighted by atomic mass is 35.5. The van der Waals surface area contributed by atoms with Crippen molar-refractivity contribution in [2.24, 2.45) is 11.7 Å². The molecule has 3 nitrogen and oxygen atoms in total. The number of carbonyl (C=O) groups is 1. The second kappa shape index (κ2) is 6.25. The molecule has 0 aliphatic heterocycles. The molecule has 106 valence electrons. The van der Waals surface area contributed by atoms with E-state index in [-0.39, 0.29) is 17.4 Å². The van der Waals surface area contributed by atoms with Gasteiger partial charge in [0.05, 0.1) is 10.3 Å². The molecule has 1 aliphatic carbocycles. The van der Waals surface area contributed by atoms with E-state index in [4.69, 9.17) is 17.3 Å². The monoisotopic (exact) mass is 300 g/mol. The van der Waals surface area contributed by atoms with Gasteiger partial charge in [0, 0.05) is 17.0 Å². The lowest BCUT2D eigenvalue weighted by Gasteiger charge is -2.37. The number of carbonyl (C=O) groups excluding carboxylic acids is 1. The Labute approximate surface area is 123 Å². The van der Waals surface area contributed by atoms with Crippen LogP contribution in [0.4, 0.5) is 0 Å². The van der Waals surface area contributed by atoms with E-state index in [2.05, 4.69) is 5.32 Å². The van der Waals surface area contributed by atoms with Crippen molar-refractivity contribution >= 4 is 28.8 Å². The molecule has 2 unspecified atom stereocenters. The lowest BCUT2D eigenvalue weighted by Crippen LogP contribution is -2.53. The summed E-state index contributed by atoms with van der Waals surface area (Å²) in [6.07, 6.45) is 4.91. The third-order valence-electron chi connectivity index (χ3n) is 3.87. The van der Waals surface area contributed by atoms with Crippen LogP contribution in [0.25, 0.3) is 0 Å². The molecule has 19 heavy (non-hydrogen) atoms. The first-order chi connectivity index (χ1) is 8.99. The van der Waals surface area contributed by atoms with Crippen molar-refractivity contribution in [2.75, 3.05) is 6.54 Å². The zero-order chi connectivity index (χ0) is 13.9. The van der Waals surface area contributed by atoms with Crippen LogP contribution in [0, 0.1) is 5.92 Å². The van der Waals surface area contributed by atoms with Gasteiger partial charge in [0.15, 0.2) is 0 Å². The highest BCUT2D eigenvalue weighted by molar-refractivity contribution is 7.16. The largest absolute Gasteiger partial charge is 0.355 e. The van der Waals surface area contributed by atoms with Gasteiger partial charge in [-0.15, -0.1) is 11.3 Å². The average molecular weight is 301 g/mol. The summed E-state index contributed by atoms with van der Waals surface area (Å²) in [4.78, 5) is 13.4. The van der Waals surface area contributed by atoms with Crippen LogP contribution < -0.4 is 11.1 Å². The van der Waals surface area contributed by atoms with Crippen molar-refractivity contribution in [3.8, 4) is 0 Å². The molecule has 0 spiro atoms. The fraction of sp³-hybridized carbons (Fsp3) is 0.643. The molecule has 1 heterocycles. The summed E-state index contributed by atoms with van der Waals surface area (Å²) in [5, 5.41) is 3.01. The normalized spacial score (nSPS) is 27.2. The van der Waals surface area contributed by atoms with Gasteiger partial charge in [0.1, 0.15) is 0 Å². The number of nitrogens with one attached hydrogen (secondary N) is 1. The Morgan fingerprint density at radius 1 is 1.58 bits per heavy atom. The number of rotatable bonds is 4. The molecule has 0 bridgehead atoms. The topological polar surface area (TPSA) is 55.1 Å². The van der Waals surface area contributed by atoms with Gasteiger partial charge in [0.25, 0.3) is 0 Å². The summed E-state index contributed by atoms with van der Waals surface area (Å²) in [5.41, 5.74) is 5.88. The number of halogens is 1. The minimum absolute atomic E-state index is 0.0480. The molecule has 1 fully saturated rings. The summed E-state index contributed by atoms with van der Waals surface area (Å²) in [6.45, 7) is 2.65. The predicted molar refractivity (Wildman–Crippen MR) is 80.6 cm³/mol. The van der Waals surface area contributed by atoms with Crippen LogP contribution in [0.1, 0.15) is 37.5 Å². The summed E-state index contributed by atoms with van der Waals surface area (Å²) in [7, 11) is 0. The second-order valence-electron chi connectivity index (χ2n) is 5.55. The van der Waals surface area contributed by atoms with Gasteiger partial charge in [-0.05, 0) is 38.3 Å². The Morgan fingerprint density at radius 3 is 3.00 bits per heavy atom. The van der Waals surface area contributed by atoms with E-state index in [1.54, 1.807) is 11.3 Å². The maximum atomic E-state index is 12.2. The zero-order valence-electron chi connectivity index (χ0n) is 11.2. The van der Waals surface area contributed by atoms with Crippen molar-refractivity contribution in [3.63, 3.8) is 0 Å². The number of nitrogens with two attached hydrogens (primary N) is 1. The quantitative estimate of drug-likeness (QED) is 0.898. The molecule has 3 N–H and O–H groups in total. The number of amides is 1. The molecule has 1 aliphatic rings. The first kappa shape index (κ1) is 14.8. The van der Waals surface area contributed by atoms with E-state index in [1.165, 1.54) is 4.88 Å². The van der Waals surface area contributed by atoms with Gasteiger partial charge in [0.2, 0.25) is 5.91 Å². The van der Waals surface area contributed by atoms with E-state index in [1.807, 2.05) is 19.1 Å². The molecular weight excluding hydrogens is 280 g/mol. The van der Waals surface area contributed by atoms with E-state index in [9.17, 15) is 4.79 Å². The summed E-state index contributed by atoms with van der Waals surface area (Å²) in [5.74, 6) is 0.0560. The van der Waals surface area contributed by atoms with E-state index in [0.717, 1.165) is 36.4 Å². The molecule has 1 amide bonds. The van der Waals surface area contributed by atoms with Crippen LogP contribution in [0.5, 0.6) is 0 Å². The van der Waals surface area contributed by atoms with Gasteiger partial charge in [-0.3, -0.25) is 4.79 Å². The smallest absolute Gasteiger partial charge is 0.224 e. The van der Waals surface area contributed by atoms with Crippen LogP contribution in [-0.2, 0) is 11.2 Å². The van der Waals surface area contributed by atoms with E-state index in [0.29, 0.717) is 6.54 Å². The Bertz CT molecular complexity index is 444. The lowest BCUT2D eigenvalue weighted by molar-refractivity contribution is -0.128. The average Bonchev–Trinajstić information content (AvgIpc) is 2.74. The lowest BCUT2D eigenvalue weighted by atomic mass is 9.74. The molecule has 0 aromatic carbocycles. The second-order valence-corrected chi connectivity index (χ2v) is 7.35. The fourth-order valence-corrected chi connectivity index (χ4v) is 3.79. The van der Waals surface area contributed by atoms with Gasteiger partial charge < -0.3 is 11.1 Å². The molecule has 0 saturated heterocycles. The summed E-state index contributed by atoms with van der Waals surface area (Å²) in [6, 6.07) is 3.90. The molecular formula is C14H21ClN2OS. The van der Waals surface area contributed by atoms with Gasteiger partial charge in [-0.2, -0.15) is 0 Å².